The summed E-state index contributed by atoms with van der Waals surface area (Å²) in [5.74, 6) is -2.01. The maximum Gasteiger partial charge on any atom is 0.379 e. The average molecular weight is 439 g/mol. The molecular weight excluding hydrogens is 404 g/mol. The number of hydrogen-bond acceptors (Lipinski definition) is 5. The summed E-state index contributed by atoms with van der Waals surface area (Å²) in [5, 5.41) is 0. The predicted octanol–water partition coefficient (Wildman–Crippen LogP) is 5.63. The standard InChI is InChI=1S/C27H34O5/c1-16(2)13-23(20(6)21(7)31-26(29)22-11-9-8-10-12-22)32-27(30)25(28)24-18(4)14-17(3)15-19(24)5/h8-12,14-16,20-21,23H,13H2,1-7H3. The highest BCUT2D eigenvalue weighted by atomic mass is 16.6. The maximum absolute atomic E-state index is 12.9. The number of Topliss-reactive ketones (excluding diaryl/α,β-unsaturated/α-hetero) is 1. The van der Waals surface area contributed by atoms with Gasteiger partial charge in [-0.2, -0.15) is 0 Å². The Balaban J connectivity index is 2.15. The fraction of sp³-hybridized carbons (Fsp3) is 0.444. The molecule has 0 aliphatic heterocycles. The molecule has 0 aliphatic rings. The van der Waals surface area contributed by atoms with Gasteiger partial charge in [-0.05, 0) is 63.3 Å². The lowest BCUT2D eigenvalue weighted by atomic mass is 9.91. The van der Waals surface area contributed by atoms with E-state index in [-0.39, 0.29) is 11.8 Å². The molecule has 5 nitrogen and oxygen atoms in total. The van der Waals surface area contributed by atoms with Gasteiger partial charge in [0, 0.05) is 11.5 Å². The number of ether oxygens (including phenoxy) is 2. The van der Waals surface area contributed by atoms with Gasteiger partial charge in [0.25, 0.3) is 5.78 Å². The van der Waals surface area contributed by atoms with Crippen LogP contribution in [0.15, 0.2) is 42.5 Å². The Labute approximate surface area is 191 Å². The second kappa shape index (κ2) is 11.1. The van der Waals surface area contributed by atoms with Gasteiger partial charge in [-0.1, -0.05) is 56.7 Å². The van der Waals surface area contributed by atoms with E-state index in [1.807, 2.05) is 59.7 Å². The summed E-state index contributed by atoms with van der Waals surface area (Å²) >= 11 is 0. The van der Waals surface area contributed by atoms with Gasteiger partial charge in [0.1, 0.15) is 12.2 Å². The SMILES string of the molecule is Cc1cc(C)c(C(=O)C(=O)OC(CC(C)C)C(C)C(C)OC(=O)c2ccccc2)c(C)c1. The number of esters is 2. The minimum atomic E-state index is -0.876. The largest absolute Gasteiger partial charge is 0.459 e. The van der Waals surface area contributed by atoms with Crippen molar-refractivity contribution in [3.63, 3.8) is 0 Å². The lowest BCUT2D eigenvalue weighted by molar-refractivity contribution is -0.148. The zero-order chi connectivity index (χ0) is 24.0. The summed E-state index contributed by atoms with van der Waals surface area (Å²) in [6.45, 7) is 13.3. The van der Waals surface area contributed by atoms with Crippen LogP contribution >= 0.6 is 0 Å². The molecule has 2 rings (SSSR count). The van der Waals surface area contributed by atoms with Gasteiger partial charge in [0.15, 0.2) is 0 Å². The average Bonchev–Trinajstić information content (AvgIpc) is 2.72. The number of aryl methyl sites for hydroxylation is 3. The van der Waals surface area contributed by atoms with Crippen molar-refractivity contribution in [1.29, 1.82) is 0 Å². The minimum absolute atomic E-state index is 0.227. The van der Waals surface area contributed by atoms with Gasteiger partial charge in [0.05, 0.1) is 5.56 Å². The molecule has 5 heteroatoms. The molecule has 3 atom stereocenters. The minimum Gasteiger partial charge on any atom is -0.459 e. The van der Waals surface area contributed by atoms with Crippen LogP contribution in [0.4, 0.5) is 0 Å². The Bertz CT molecular complexity index is 938. The van der Waals surface area contributed by atoms with E-state index in [0.717, 1.165) is 16.7 Å². The van der Waals surface area contributed by atoms with Crippen molar-refractivity contribution in [2.24, 2.45) is 11.8 Å². The van der Waals surface area contributed by atoms with Gasteiger partial charge < -0.3 is 9.47 Å². The Kier molecular flexibility index (Phi) is 8.76. The van der Waals surface area contributed by atoms with Crippen LogP contribution in [0.2, 0.25) is 0 Å². The van der Waals surface area contributed by atoms with E-state index in [4.69, 9.17) is 9.47 Å². The third-order valence-electron chi connectivity index (χ3n) is 5.68. The summed E-state index contributed by atoms with van der Waals surface area (Å²) in [4.78, 5) is 38.2. The van der Waals surface area contributed by atoms with Crippen LogP contribution in [-0.2, 0) is 14.3 Å². The number of ketones is 1. The van der Waals surface area contributed by atoms with E-state index >= 15 is 0 Å². The van der Waals surface area contributed by atoms with Crippen LogP contribution in [0, 0.1) is 32.6 Å². The second-order valence-electron chi connectivity index (χ2n) is 9.01. The molecule has 2 aromatic rings. The maximum atomic E-state index is 12.9. The van der Waals surface area contributed by atoms with Crippen LogP contribution in [-0.4, -0.2) is 29.9 Å². The van der Waals surface area contributed by atoms with Crippen molar-refractivity contribution in [2.75, 3.05) is 0 Å². The third-order valence-corrected chi connectivity index (χ3v) is 5.68. The molecule has 172 valence electrons. The van der Waals surface area contributed by atoms with Crippen molar-refractivity contribution in [2.45, 2.75) is 67.1 Å². The first-order valence-electron chi connectivity index (χ1n) is 11.1. The quantitative estimate of drug-likeness (QED) is 0.288. The van der Waals surface area contributed by atoms with E-state index in [0.29, 0.717) is 17.5 Å². The fourth-order valence-electron chi connectivity index (χ4n) is 3.89. The van der Waals surface area contributed by atoms with Crippen molar-refractivity contribution in [3.05, 3.63) is 70.3 Å². The zero-order valence-corrected chi connectivity index (χ0v) is 20.1. The second-order valence-corrected chi connectivity index (χ2v) is 9.01. The van der Waals surface area contributed by atoms with Gasteiger partial charge in [-0.15, -0.1) is 0 Å². The molecule has 0 aromatic heterocycles. The normalized spacial score (nSPS) is 13.9. The van der Waals surface area contributed by atoms with Crippen LogP contribution in [0.3, 0.4) is 0 Å². The molecule has 0 saturated heterocycles. The summed E-state index contributed by atoms with van der Waals surface area (Å²) in [6, 6.07) is 12.5. The van der Waals surface area contributed by atoms with Gasteiger partial charge in [-0.3, -0.25) is 4.79 Å². The topological polar surface area (TPSA) is 69.7 Å². The number of benzene rings is 2. The van der Waals surface area contributed by atoms with Crippen molar-refractivity contribution in [1.82, 2.24) is 0 Å². The van der Waals surface area contributed by atoms with E-state index in [2.05, 4.69) is 0 Å². The molecule has 0 saturated carbocycles. The number of carbonyl (C=O) groups excluding carboxylic acids is 3. The monoisotopic (exact) mass is 438 g/mol. The van der Waals surface area contributed by atoms with Crippen LogP contribution in [0.25, 0.3) is 0 Å². The fourth-order valence-corrected chi connectivity index (χ4v) is 3.89. The third kappa shape index (κ3) is 6.52. The predicted molar refractivity (Wildman–Crippen MR) is 125 cm³/mol. The summed E-state index contributed by atoms with van der Waals surface area (Å²) in [5.41, 5.74) is 3.39. The van der Waals surface area contributed by atoms with Crippen LogP contribution in [0.1, 0.15) is 71.5 Å². The van der Waals surface area contributed by atoms with Gasteiger partial charge in [-0.25, -0.2) is 9.59 Å². The molecule has 32 heavy (non-hydrogen) atoms. The van der Waals surface area contributed by atoms with Gasteiger partial charge in [0.2, 0.25) is 0 Å². The molecule has 0 bridgehead atoms. The van der Waals surface area contributed by atoms with E-state index in [9.17, 15) is 14.4 Å². The van der Waals surface area contributed by atoms with Crippen LogP contribution in [0.5, 0.6) is 0 Å². The number of rotatable bonds is 9. The molecular formula is C27H34O5. The van der Waals surface area contributed by atoms with Crippen molar-refractivity contribution < 1.29 is 23.9 Å². The number of carbonyl (C=O) groups is 3. The smallest absolute Gasteiger partial charge is 0.379 e. The van der Waals surface area contributed by atoms with Crippen molar-refractivity contribution >= 4 is 17.7 Å². The van der Waals surface area contributed by atoms with E-state index in [1.54, 1.807) is 31.2 Å². The lowest BCUT2D eigenvalue weighted by Crippen LogP contribution is -2.37. The van der Waals surface area contributed by atoms with E-state index < -0.39 is 29.9 Å². The first-order valence-corrected chi connectivity index (χ1v) is 11.1. The molecule has 3 unspecified atom stereocenters. The highest BCUT2D eigenvalue weighted by Gasteiger charge is 2.32. The highest BCUT2D eigenvalue weighted by Crippen LogP contribution is 2.24. The Morgan fingerprint density at radius 3 is 1.94 bits per heavy atom. The summed E-state index contributed by atoms with van der Waals surface area (Å²) in [7, 11) is 0. The lowest BCUT2D eigenvalue weighted by Gasteiger charge is -2.29. The first kappa shape index (κ1) is 25.3. The molecule has 0 radical (unpaired) electrons. The molecule has 0 heterocycles. The Morgan fingerprint density at radius 1 is 0.844 bits per heavy atom. The molecule has 0 aliphatic carbocycles. The van der Waals surface area contributed by atoms with Gasteiger partial charge >= 0.3 is 11.9 Å². The zero-order valence-electron chi connectivity index (χ0n) is 20.1. The molecule has 0 amide bonds. The number of hydrogen-bond donors (Lipinski definition) is 0. The van der Waals surface area contributed by atoms with E-state index in [1.165, 1.54) is 0 Å². The molecule has 0 N–H and O–H groups in total. The Morgan fingerprint density at radius 2 is 1.41 bits per heavy atom. The summed E-state index contributed by atoms with van der Waals surface area (Å²) in [6.07, 6.45) is -0.507. The Hall–Kier alpha value is -2.95. The summed E-state index contributed by atoms with van der Waals surface area (Å²) < 4.78 is 11.3. The van der Waals surface area contributed by atoms with Crippen LogP contribution < -0.4 is 0 Å². The molecule has 0 spiro atoms. The molecule has 0 fully saturated rings. The van der Waals surface area contributed by atoms with Crippen molar-refractivity contribution in [3.8, 4) is 0 Å². The molecule has 2 aromatic carbocycles. The highest BCUT2D eigenvalue weighted by molar-refractivity contribution is 6.41. The first-order chi connectivity index (χ1) is 15.0.